The molecule has 0 N–H and O–H groups in total. The van der Waals surface area contributed by atoms with Gasteiger partial charge in [0.1, 0.15) is 0 Å². The standard InChI is InChI=1S/C22H23N3OS/c1-22(14-16-9-10-19(24(2)3)13-17(16)15-22)20(26)25(21-23-11-12-27-21)18-7-5-4-6-8-18/h4-13H,14-15H2,1-3H3. The van der Waals surface area contributed by atoms with Gasteiger partial charge in [0.05, 0.1) is 11.1 Å². The lowest BCUT2D eigenvalue weighted by atomic mass is 9.85. The van der Waals surface area contributed by atoms with Crippen LogP contribution in [0.2, 0.25) is 0 Å². The van der Waals surface area contributed by atoms with Crippen LogP contribution in [-0.4, -0.2) is 25.0 Å². The second-order valence-corrected chi connectivity index (χ2v) is 8.43. The SMILES string of the molecule is CN(C)c1ccc2c(c1)CC(C)(C(=O)N(c1ccccc1)c1nccs1)C2. The van der Waals surface area contributed by atoms with Gasteiger partial charge in [-0.15, -0.1) is 11.3 Å². The number of hydrogen-bond acceptors (Lipinski definition) is 4. The third kappa shape index (κ3) is 3.23. The minimum absolute atomic E-state index is 0.103. The highest BCUT2D eigenvalue weighted by molar-refractivity contribution is 7.13. The average molecular weight is 378 g/mol. The Morgan fingerprint density at radius 2 is 1.78 bits per heavy atom. The van der Waals surface area contributed by atoms with Crippen molar-refractivity contribution in [2.24, 2.45) is 5.41 Å². The van der Waals surface area contributed by atoms with Gasteiger partial charge in [0.25, 0.3) is 0 Å². The first-order valence-electron chi connectivity index (χ1n) is 9.06. The van der Waals surface area contributed by atoms with Gasteiger partial charge in [-0.2, -0.15) is 0 Å². The Bertz CT molecular complexity index is 953. The first-order valence-corrected chi connectivity index (χ1v) is 9.94. The Hall–Kier alpha value is -2.66. The summed E-state index contributed by atoms with van der Waals surface area (Å²) in [6, 6.07) is 16.3. The van der Waals surface area contributed by atoms with Crippen LogP contribution in [0.5, 0.6) is 0 Å². The van der Waals surface area contributed by atoms with Crippen molar-refractivity contribution in [3.05, 3.63) is 71.2 Å². The second-order valence-electron chi connectivity index (χ2n) is 7.55. The van der Waals surface area contributed by atoms with Gasteiger partial charge in [-0.05, 0) is 48.2 Å². The zero-order valence-corrected chi connectivity index (χ0v) is 16.7. The molecule has 1 heterocycles. The summed E-state index contributed by atoms with van der Waals surface area (Å²) in [5.41, 5.74) is 4.09. The molecule has 0 saturated carbocycles. The topological polar surface area (TPSA) is 36.4 Å². The molecular weight excluding hydrogens is 354 g/mol. The highest BCUT2D eigenvalue weighted by Gasteiger charge is 2.43. The third-order valence-corrected chi connectivity index (χ3v) is 5.97. The lowest BCUT2D eigenvalue weighted by Crippen LogP contribution is -2.40. The first-order chi connectivity index (χ1) is 13.0. The molecule has 0 fully saturated rings. The number of carbonyl (C=O) groups is 1. The highest BCUT2D eigenvalue weighted by Crippen LogP contribution is 2.42. The van der Waals surface area contributed by atoms with E-state index in [1.54, 1.807) is 11.1 Å². The number of carbonyl (C=O) groups excluding carboxylic acids is 1. The third-order valence-electron chi connectivity index (χ3n) is 5.21. The summed E-state index contributed by atoms with van der Waals surface area (Å²) in [4.78, 5) is 22.0. The van der Waals surface area contributed by atoms with Crippen molar-refractivity contribution >= 4 is 33.8 Å². The van der Waals surface area contributed by atoms with Gasteiger partial charge >= 0.3 is 0 Å². The number of hydrogen-bond donors (Lipinski definition) is 0. The summed E-state index contributed by atoms with van der Waals surface area (Å²) in [6.45, 7) is 2.08. The minimum atomic E-state index is -0.477. The van der Waals surface area contributed by atoms with E-state index in [1.165, 1.54) is 28.2 Å². The van der Waals surface area contributed by atoms with Gasteiger partial charge in [0, 0.05) is 31.4 Å². The van der Waals surface area contributed by atoms with E-state index >= 15 is 0 Å². The quantitative estimate of drug-likeness (QED) is 0.662. The van der Waals surface area contributed by atoms with Crippen LogP contribution in [0.1, 0.15) is 18.1 Å². The van der Waals surface area contributed by atoms with Crippen LogP contribution < -0.4 is 9.80 Å². The number of anilines is 3. The summed E-state index contributed by atoms with van der Waals surface area (Å²) < 4.78 is 0. The van der Waals surface area contributed by atoms with E-state index in [0.29, 0.717) is 0 Å². The molecule has 0 bridgehead atoms. The molecule has 0 saturated heterocycles. The van der Waals surface area contributed by atoms with Crippen molar-refractivity contribution in [2.45, 2.75) is 19.8 Å². The van der Waals surface area contributed by atoms with E-state index in [0.717, 1.165) is 23.7 Å². The summed E-state index contributed by atoms with van der Waals surface area (Å²) in [5, 5.41) is 2.63. The fourth-order valence-electron chi connectivity index (χ4n) is 3.77. The van der Waals surface area contributed by atoms with Crippen LogP contribution in [0.25, 0.3) is 0 Å². The molecule has 0 radical (unpaired) electrons. The number of para-hydroxylation sites is 1. The average Bonchev–Trinajstić information content (AvgIpc) is 3.29. The highest BCUT2D eigenvalue weighted by atomic mass is 32.1. The van der Waals surface area contributed by atoms with Crippen molar-refractivity contribution in [3.8, 4) is 0 Å². The number of rotatable bonds is 4. The molecule has 2 aromatic carbocycles. The van der Waals surface area contributed by atoms with E-state index in [2.05, 4.69) is 35.0 Å². The molecule has 1 unspecified atom stereocenters. The predicted octanol–water partition coefficient (Wildman–Crippen LogP) is 4.68. The number of aromatic nitrogens is 1. The second kappa shape index (κ2) is 6.82. The van der Waals surface area contributed by atoms with Crippen molar-refractivity contribution in [3.63, 3.8) is 0 Å². The van der Waals surface area contributed by atoms with Gasteiger partial charge in [0.15, 0.2) is 5.13 Å². The number of fused-ring (bicyclic) bond motifs is 1. The summed E-state index contributed by atoms with van der Waals surface area (Å²) in [6.07, 6.45) is 3.25. The van der Waals surface area contributed by atoms with Crippen LogP contribution in [0.4, 0.5) is 16.5 Å². The lowest BCUT2D eigenvalue weighted by Gasteiger charge is -2.30. The summed E-state index contributed by atoms with van der Waals surface area (Å²) in [5.74, 6) is 0.103. The molecule has 1 atom stereocenters. The smallest absolute Gasteiger partial charge is 0.239 e. The van der Waals surface area contributed by atoms with Crippen LogP contribution in [0, 0.1) is 5.41 Å². The van der Waals surface area contributed by atoms with Crippen molar-refractivity contribution in [1.82, 2.24) is 4.98 Å². The minimum Gasteiger partial charge on any atom is -0.378 e. The van der Waals surface area contributed by atoms with Gasteiger partial charge in [0.2, 0.25) is 5.91 Å². The van der Waals surface area contributed by atoms with Gasteiger partial charge in [-0.3, -0.25) is 9.69 Å². The Morgan fingerprint density at radius 3 is 2.44 bits per heavy atom. The maximum absolute atomic E-state index is 13.7. The number of benzene rings is 2. The molecule has 27 heavy (non-hydrogen) atoms. The van der Waals surface area contributed by atoms with Crippen LogP contribution >= 0.6 is 11.3 Å². The van der Waals surface area contributed by atoms with Crippen molar-refractivity contribution in [2.75, 3.05) is 23.9 Å². The summed E-state index contributed by atoms with van der Waals surface area (Å²) >= 11 is 1.49. The van der Waals surface area contributed by atoms with E-state index in [9.17, 15) is 4.79 Å². The molecule has 1 aliphatic rings. The van der Waals surface area contributed by atoms with E-state index in [1.807, 2.05) is 49.8 Å². The molecule has 138 valence electrons. The number of amides is 1. The van der Waals surface area contributed by atoms with Gasteiger partial charge < -0.3 is 4.90 Å². The normalized spacial score (nSPS) is 18.2. The molecule has 0 spiro atoms. The molecule has 4 rings (SSSR count). The van der Waals surface area contributed by atoms with Crippen LogP contribution in [0.3, 0.4) is 0 Å². The van der Waals surface area contributed by atoms with Gasteiger partial charge in [-0.25, -0.2) is 4.98 Å². The monoisotopic (exact) mass is 377 g/mol. The summed E-state index contributed by atoms with van der Waals surface area (Å²) in [7, 11) is 4.08. The molecule has 1 aliphatic carbocycles. The maximum Gasteiger partial charge on any atom is 0.239 e. The molecule has 5 heteroatoms. The Morgan fingerprint density at radius 1 is 1.04 bits per heavy atom. The molecule has 1 aromatic heterocycles. The van der Waals surface area contributed by atoms with Crippen LogP contribution in [0.15, 0.2) is 60.1 Å². The maximum atomic E-state index is 13.7. The first kappa shape index (κ1) is 17.7. The number of thiazole rings is 1. The Balaban J connectivity index is 1.70. The fraction of sp³-hybridized carbons (Fsp3) is 0.273. The Kier molecular flexibility index (Phi) is 4.48. The molecule has 4 nitrogen and oxygen atoms in total. The number of nitrogens with zero attached hydrogens (tertiary/aromatic N) is 3. The molecule has 3 aromatic rings. The van der Waals surface area contributed by atoms with E-state index in [-0.39, 0.29) is 5.91 Å². The van der Waals surface area contributed by atoms with Crippen molar-refractivity contribution in [1.29, 1.82) is 0 Å². The zero-order valence-electron chi connectivity index (χ0n) is 15.8. The molecule has 1 amide bonds. The predicted molar refractivity (Wildman–Crippen MR) is 112 cm³/mol. The largest absolute Gasteiger partial charge is 0.378 e. The lowest BCUT2D eigenvalue weighted by molar-refractivity contribution is -0.126. The van der Waals surface area contributed by atoms with Gasteiger partial charge in [-0.1, -0.05) is 31.2 Å². The van der Waals surface area contributed by atoms with E-state index < -0.39 is 5.41 Å². The zero-order chi connectivity index (χ0) is 19.0. The fourth-order valence-corrected chi connectivity index (χ4v) is 4.43. The molecule has 0 aliphatic heterocycles. The van der Waals surface area contributed by atoms with Crippen LogP contribution in [-0.2, 0) is 17.6 Å². The van der Waals surface area contributed by atoms with Crippen molar-refractivity contribution < 1.29 is 4.79 Å². The Labute approximate surface area is 164 Å². The van der Waals surface area contributed by atoms with E-state index in [4.69, 9.17) is 0 Å². The molecular formula is C22H23N3OS.